The van der Waals surface area contributed by atoms with Crippen molar-refractivity contribution in [2.24, 2.45) is 0 Å². The van der Waals surface area contributed by atoms with E-state index in [1.807, 2.05) is 12.1 Å². The van der Waals surface area contributed by atoms with Gasteiger partial charge in [0.25, 0.3) is 0 Å². The minimum absolute atomic E-state index is 0.0290. The number of Topliss-reactive ketones (excluding diaryl/α,β-unsaturated/α-hetero) is 1. The lowest BCUT2D eigenvalue weighted by molar-refractivity contribution is 0.101. The number of hydrogen-bond acceptors (Lipinski definition) is 3. The van der Waals surface area contributed by atoms with E-state index in [0.29, 0.717) is 23.7 Å². The van der Waals surface area contributed by atoms with Gasteiger partial charge in [-0.25, -0.2) is 0 Å². The number of anilines is 1. The molecular formula is C14H18ClNO2. The van der Waals surface area contributed by atoms with Crippen LogP contribution in [0.4, 0.5) is 5.69 Å². The zero-order chi connectivity index (χ0) is 13.5. The van der Waals surface area contributed by atoms with Gasteiger partial charge in [-0.2, -0.15) is 0 Å². The summed E-state index contributed by atoms with van der Waals surface area (Å²) in [4.78, 5) is 13.4. The lowest BCUT2D eigenvalue weighted by Crippen LogP contribution is -2.27. The van der Waals surface area contributed by atoms with Gasteiger partial charge in [0.2, 0.25) is 0 Å². The van der Waals surface area contributed by atoms with Gasteiger partial charge in [0.1, 0.15) is 0 Å². The molecule has 0 aliphatic heterocycles. The molecule has 3 nitrogen and oxygen atoms in total. The van der Waals surface area contributed by atoms with Gasteiger partial charge < -0.3 is 9.64 Å². The third kappa shape index (κ3) is 3.86. The Hall–Kier alpha value is -1.32. The lowest BCUT2D eigenvalue weighted by atomic mass is 10.1. The zero-order valence-corrected chi connectivity index (χ0v) is 11.5. The molecule has 0 bridgehead atoms. The molecule has 0 atom stereocenters. The fourth-order valence-electron chi connectivity index (χ4n) is 1.67. The fourth-order valence-corrected chi connectivity index (χ4v) is 1.98. The summed E-state index contributed by atoms with van der Waals surface area (Å²) in [6.07, 6.45) is 1.82. The van der Waals surface area contributed by atoms with E-state index in [1.54, 1.807) is 19.2 Å². The average molecular weight is 268 g/mol. The van der Waals surface area contributed by atoms with E-state index >= 15 is 0 Å². The maximum absolute atomic E-state index is 11.3. The summed E-state index contributed by atoms with van der Waals surface area (Å²) in [7, 11) is 1.66. The summed E-state index contributed by atoms with van der Waals surface area (Å²) in [6.45, 7) is 7.32. The van der Waals surface area contributed by atoms with Crippen LogP contribution in [0, 0.1) is 0 Å². The predicted octanol–water partition coefficient (Wildman–Crippen LogP) is 3.18. The number of rotatable bonds is 7. The summed E-state index contributed by atoms with van der Waals surface area (Å²) in [6, 6.07) is 5.45. The number of carbonyl (C=O) groups is 1. The molecule has 4 heteroatoms. The molecule has 0 fully saturated rings. The molecule has 0 radical (unpaired) electrons. The van der Waals surface area contributed by atoms with Gasteiger partial charge in [-0.1, -0.05) is 17.7 Å². The van der Waals surface area contributed by atoms with Gasteiger partial charge in [0.15, 0.2) is 5.78 Å². The normalized spacial score (nSPS) is 10.2. The number of hydrogen-bond donors (Lipinski definition) is 0. The number of halogens is 1. The van der Waals surface area contributed by atoms with Crippen molar-refractivity contribution in [2.75, 3.05) is 31.7 Å². The van der Waals surface area contributed by atoms with E-state index in [2.05, 4.69) is 11.5 Å². The topological polar surface area (TPSA) is 29.5 Å². The molecule has 0 aliphatic rings. The molecule has 0 heterocycles. The Balaban J connectivity index is 2.94. The highest BCUT2D eigenvalue weighted by Gasteiger charge is 2.10. The van der Waals surface area contributed by atoms with Crippen LogP contribution in [0.25, 0.3) is 0 Å². The second kappa shape index (κ2) is 7.19. The monoisotopic (exact) mass is 267 g/mol. The van der Waals surface area contributed by atoms with Gasteiger partial charge in [0, 0.05) is 31.5 Å². The number of ether oxygens (including phenoxy) is 1. The molecule has 1 rings (SSSR count). The van der Waals surface area contributed by atoms with Crippen LogP contribution in [0.15, 0.2) is 30.9 Å². The summed E-state index contributed by atoms with van der Waals surface area (Å²) in [5.41, 5.74) is 1.51. The molecule has 18 heavy (non-hydrogen) atoms. The quantitative estimate of drug-likeness (QED) is 0.561. The highest BCUT2D eigenvalue weighted by Crippen LogP contribution is 2.24. The molecule has 98 valence electrons. The molecule has 0 aliphatic carbocycles. The summed E-state index contributed by atoms with van der Waals surface area (Å²) in [5.74, 6) is -0.0290. The van der Waals surface area contributed by atoms with Crippen molar-refractivity contribution in [3.8, 4) is 0 Å². The zero-order valence-electron chi connectivity index (χ0n) is 10.8. The van der Waals surface area contributed by atoms with Gasteiger partial charge >= 0.3 is 0 Å². The number of methoxy groups -OCH3 is 1. The second-order valence-corrected chi connectivity index (χ2v) is 4.36. The molecule has 0 aromatic heterocycles. The Morgan fingerprint density at radius 3 is 2.78 bits per heavy atom. The number of ketones is 1. The Morgan fingerprint density at radius 2 is 2.28 bits per heavy atom. The van der Waals surface area contributed by atoms with Crippen molar-refractivity contribution in [3.05, 3.63) is 41.4 Å². The Kier molecular flexibility index (Phi) is 5.89. The van der Waals surface area contributed by atoms with E-state index in [9.17, 15) is 4.79 Å². The van der Waals surface area contributed by atoms with Gasteiger partial charge in [-0.15, -0.1) is 6.58 Å². The summed E-state index contributed by atoms with van der Waals surface area (Å²) >= 11 is 6.10. The first-order valence-electron chi connectivity index (χ1n) is 5.75. The minimum atomic E-state index is -0.0290. The number of carbonyl (C=O) groups excluding carboxylic acids is 1. The number of nitrogens with zero attached hydrogens (tertiary/aromatic N) is 1. The SMILES string of the molecule is C=CCN(CCOC)c1ccc(C(C)=O)c(Cl)c1. The molecule has 0 spiro atoms. The first-order valence-corrected chi connectivity index (χ1v) is 6.13. The van der Waals surface area contributed by atoms with Crippen LogP contribution in [0.2, 0.25) is 5.02 Å². The highest BCUT2D eigenvalue weighted by atomic mass is 35.5. The molecule has 0 amide bonds. The fraction of sp³-hybridized carbons (Fsp3) is 0.357. The van der Waals surface area contributed by atoms with Crippen molar-refractivity contribution >= 4 is 23.1 Å². The van der Waals surface area contributed by atoms with Crippen molar-refractivity contribution in [1.29, 1.82) is 0 Å². The van der Waals surface area contributed by atoms with E-state index < -0.39 is 0 Å². The molecule has 0 unspecified atom stereocenters. The first-order chi connectivity index (χ1) is 8.60. The predicted molar refractivity (Wildman–Crippen MR) is 75.7 cm³/mol. The average Bonchev–Trinajstić information content (AvgIpc) is 2.33. The highest BCUT2D eigenvalue weighted by molar-refractivity contribution is 6.34. The molecule has 1 aromatic carbocycles. The van der Waals surface area contributed by atoms with E-state index in [4.69, 9.17) is 16.3 Å². The van der Waals surface area contributed by atoms with Crippen molar-refractivity contribution in [1.82, 2.24) is 0 Å². The molecule has 1 aromatic rings. The summed E-state index contributed by atoms with van der Waals surface area (Å²) < 4.78 is 5.07. The van der Waals surface area contributed by atoms with Crippen LogP contribution >= 0.6 is 11.6 Å². The largest absolute Gasteiger partial charge is 0.383 e. The Labute approximate surface area is 113 Å². The Bertz CT molecular complexity index is 432. The maximum Gasteiger partial charge on any atom is 0.161 e. The molecule has 0 saturated heterocycles. The van der Waals surface area contributed by atoms with Gasteiger partial charge in [0.05, 0.1) is 11.6 Å². The van der Waals surface area contributed by atoms with Crippen LogP contribution < -0.4 is 4.90 Å². The first kappa shape index (κ1) is 14.7. The molecule has 0 N–H and O–H groups in total. The van der Waals surface area contributed by atoms with Crippen LogP contribution in [-0.2, 0) is 4.74 Å². The third-order valence-electron chi connectivity index (χ3n) is 2.61. The van der Waals surface area contributed by atoms with Crippen LogP contribution in [-0.4, -0.2) is 32.6 Å². The smallest absolute Gasteiger partial charge is 0.161 e. The van der Waals surface area contributed by atoms with Crippen molar-refractivity contribution < 1.29 is 9.53 Å². The van der Waals surface area contributed by atoms with Crippen LogP contribution in [0.1, 0.15) is 17.3 Å². The maximum atomic E-state index is 11.3. The molecular weight excluding hydrogens is 250 g/mol. The van der Waals surface area contributed by atoms with E-state index in [-0.39, 0.29) is 5.78 Å². The van der Waals surface area contributed by atoms with Crippen molar-refractivity contribution in [3.63, 3.8) is 0 Å². The number of benzene rings is 1. The van der Waals surface area contributed by atoms with Crippen LogP contribution in [0.5, 0.6) is 0 Å². The van der Waals surface area contributed by atoms with Gasteiger partial charge in [-0.3, -0.25) is 4.79 Å². The lowest BCUT2D eigenvalue weighted by Gasteiger charge is -2.23. The minimum Gasteiger partial charge on any atom is -0.383 e. The Morgan fingerprint density at radius 1 is 1.56 bits per heavy atom. The second-order valence-electron chi connectivity index (χ2n) is 3.95. The van der Waals surface area contributed by atoms with E-state index in [1.165, 1.54) is 6.92 Å². The molecule has 0 saturated carbocycles. The van der Waals surface area contributed by atoms with Crippen LogP contribution in [0.3, 0.4) is 0 Å². The standard InChI is InChI=1S/C14H18ClNO2/c1-4-7-16(8-9-18-3)12-5-6-13(11(2)17)14(15)10-12/h4-6,10H,1,7-9H2,2-3H3. The van der Waals surface area contributed by atoms with Gasteiger partial charge in [-0.05, 0) is 25.1 Å². The van der Waals surface area contributed by atoms with Crippen molar-refractivity contribution in [2.45, 2.75) is 6.92 Å². The van der Waals surface area contributed by atoms with E-state index in [0.717, 1.165) is 12.2 Å². The third-order valence-corrected chi connectivity index (χ3v) is 2.92. The summed E-state index contributed by atoms with van der Waals surface area (Å²) in [5, 5.41) is 0.478.